The largest absolute Gasteiger partial charge is 0.463 e. The lowest BCUT2D eigenvalue weighted by molar-refractivity contribution is -0.134. The Labute approximate surface area is 161 Å². The van der Waals surface area contributed by atoms with Gasteiger partial charge in [-0.1, -0.05) is 29.3 Å². The molecular formula is C18H19Cl2N3O3. The van der Waals surface area contributed by atoms with E-state index in [1.807, 2.05) is 12.1 Å². The van der Waals surface area contributed by atoms with Crippen LogP contribution in [-0.4, -0.2) is 53.4 Å². The van der Waals surface area contributed by atoms with Crippen LogP contribution >= 0.6 is 23.2 Å². The molecule has 1 aliphatic rings. The summed E-state index contributed by atoms with van der Waals surface area (Å²) in [5.74, 6) is 0.442. The van der Waals surface area contributed by atoms with Gasteiger partial charge in [0.05, 0.1) is 25.5 Å². The van der Waals surface area contributed by atoms with Crippen LogP contribution in [0.3, 0.4) is 0 Å². The van der Waals surface area contributed by atoms with Crippen molar-refractivity contribution in [2.24, 2.45) is 5.10 Å². The van der Waals surface area contributed by atoms with Crippen LogP contribution in [-0.2, 0) is 4.79 Å². The number of nitrogens with zero attached hydrogens (tertiary/aromatic N) is 3. The van der Waals surface area contributed by atoms with E-state index >= 15 is 0 Å². The lowest BCUT2D eigenvalue weighted by atomic mass is 10.0. The Hall–Kier alpha value is -1.86. The first-order valence-corrected chi connectivity index (χ1v) is 8.93. The molecule has 0 saturated heterocycles. The third kappa shape index (κ3) is 4.10. The third-order valence-corrected chi connectivity index (χ3v) is 4.74. The molecule has 1 aromatic carbocycles. The molecule has 0 bridgehead atoms. The number of hydrazone groups is 1. The number of halogens is 2. The lowest BCUT2D eigenvalue weighted by Gasteiger charge is -2.25. The van der Waals surface area contributed by atoms with Gasteiger partial charge >= 0.3 is 0 Å². The van der Waals surface area contributed by atoms with Crippen molar-refractivity contribution in [3.63, 3.8) is 0 Å². The molecule has 6 nitrogen and oxygen atoms in total. The van der Waals surface area contributed by atoms with Crippen molar-refractivity contribution in [1.29, 1.82) is 0 Å². The van der Waals surface area contributed by atoms with Gasteiger partial charge in [-0.25, -0.2) is 5.01 Å². The van der Waals surface area contributed by atoms with Crippen molar-refractivity contribution in [2.75, 3.05) is 26.7 Å². The molecule has 1 amide bonds. The normalized spacial score (nSPS) is 17.0. The fraction of sp³-hybridized carbons (Fsp3) is 0.333. The number of amides is 1. The predicted molar refractivity (Wildman–Crippen MR) is 100 cm³/mol. The molecule has 1 aromatic heterocycles. The average Bonchev–Trinajstić information content (AvgIpc) is 3.24. The minimum atomic E-state index is -0.338. The summed E-state index contributed by atoms with van der Waals surface area (Å²) in [4.78, 5) is 14.5. The van der Waals surface area contributed by atoms with Crippen LogP contribution in [0.5, 0.6) is 0 Å². The van der Waals surface area contributed by atoms with Gasteiger partial charge in [0.15, 0.2) is 0 Å². The molecule has 1 atom stereocenters. The summed E-state index contributed by atoms with van der Waals surface area (Å²) in [6, 6.07) is 8.47. The van der Waals surface area contributed by atoms with Crippen LogP contribution in [0.4, 0.5) is 0 Å². The number of likely N-dealkylation sites (N-methyl/N-ethyl adjacent to an activating group) is 1. The fourth-order valence-electron chi connectivity index (χ4n) is 2.90. The molecular weight excluding hydrogens is 377 g/mol. The topological polar surface area (TPSA) is 69.3 Å². The SMILES string of the molecule is CN(CCO)CC(=O)N1N=C(c2ccco2)C[C@@H]1c1ccc(Cl)cc1Cl. The van der Waals surface area contributed by atoms with Gasteiger partial charge in [0, 0.05) is 23.0 Å². The minimum Gasteiger partial charge on any atom is -0.463 e. The van der Waals surface area contributed by atoms with Crippen molar-refractivity contribution in [3.05, 3.63) is 58.0 Å². The van der Waals surface area contributed by atoms with E-state index in [2.05, 4.69) is 5.10 Å². The standard InChI is InChI=1S/C18H19Cl2N3O3/c1-22(6-7-24)11-18(25)23-16(13-5-4-12(19)9-14(13)20)10-15(21-23)17-3-2-8-26-17/h2-5,8-9,16,24H,6-7,10-11H2,1H3/t16-/m1/s1. The number of benzene rings is 1. The first-order valence-electron chi connectivity index (χ1n) is 8.17. The number of aliphatic hydroxyl groups excluding tert-OH is 1. The second-order valence-electron chi connectivity index (χ2n) is 6.11. The van der Waals surface area contributed by atoms with Gasteiger partial charge in [-0.05, 0) is 36.9 Å². The summed E-state index contributed by atoms with van der Waals surface area (Å²) in [5, 5.41) is 16.0. The molecule has 0 fully saturated rings. The van der Waals surface area contributed by atoms with E-state index in [0.29, 0.717) is 34.5 Å². The Balaban J connectivity index is 1.90. The average molecular weight is 396 g/mol. The highest BCUT2D eigenvalue weighted by molar-refractivity contribution is 6.35. The van der Waals surface area contributed by atoms with Crippen LogP contribution in [0.2, 0.25) is 10.0 Å². The summed E-state index contributed by atoms with van der Waals surface area (Å²) < 4.78 is 5.43. The van der Waals surface area contributed by atoms with E-state index in [1.54, 1.807) is 36.4 Å². The molecule has 1 aliphatic heterocycles. The number of hydrogen-bond acceptors (Lipinski definition) is 5. The van der Waals surface area contributed by atoms with Gasteiger partial charge in [0.1, 0.15) is 11.5 Å². The van der Waals surface area contributed by atoms with Gasteiger partial charge in [0.25, 0.3) is 5.91 Å². The van der Waals surface area contributed by atoms with E-state index in [9.17, 15) is 4.79 Å². The first kappa shape index (κ1) is 18.9. The third-order valence-electron chi connectivity index (χ3n) is 4.18. The second-order valence-corrected chi connectivity index (χ2v) is 6.95. The number of carbonyl (C=O) groups is 1. The lowest BCUT2D eigenvalue weighted by Crippen LogP contribution is -2.37. The quantitative estimate of drug-likeness (QED) is 0.815. The first-order chi connectivity index (χ1) is 12.5. The molecule has 0 spiro atoms. The van der Waals surface area contributed by atoms with E-state index in [4.69, 9.17) is 32.7 Å². The molecule has 8 heteroatoms. The predicted octanol–water partition coefficient (Wildman–Crippen LogP) is 3.19. The maximum atomic E-state index is 12.8. The number of carbonyl (C=O) groups excluding carboxylic acids is 1. The molecule has 3 rings (SSSR count). The van der Waals surface area contributed by atoms with Gasteiger partial charge in [-0.3, -0.25) is 9.69 Å². The van der Waals surface area contributed by atoms with E-state index in [0.717, 1.165) is 5.56 Å². The zero-order chi connectivity index (χ0) is 18.7. The highest BCUT2D eigenvalue weighted by atomic mass is 35.5. The number of rotatable bonds is 6. The summed E-state index contributed by atoms with van der Waals surface area (Å²) in [6.07, 6.45) is 2.06. The Kier molecular flexibility index (Phi) is 5.98. The van der Waals surface area contributed by atoms with Gasteiger partial charge in [-0.15, -0.1) is 0 Å². The number of aliphatic hydroxyl groups is 1. The van der Waals surface area contributed by atoms with E-state index in [-0.39, 0.29) is 25.1 Å². The molecule has 138 valence electrons. The smallest absolute Gasteiger partial charge is 0.257 e. The van der Waals surface area contributed by atoms with Crippen LogP contribution in [0.1, 0.15) is 23.8 Å². The van der Waals surface area contributed by atoms with Crippen molar-refractivity contribution in [3.8, 4) is 0 Å². The summed E-state index contributed by atoms with van der Waals surface area (Å²) in [6.45, 7) is 0.523. The fourth-order valence-corrected chi connectivity index (χ4v) is 3.43. The Bertz CT molecular complexity index is 808. The maximum absolute atomic E-state index is 12.8. The highest BCUT2D eigenvalue weighted by Gasteiger charge is 2.35. The van der Waals surface area contributed by atoms with Crippen molar-refractivity contribution >= 4 is 34.8 Å². The van der Waals surface area contributed by atoms with Gasteiger partial charge in [-0.2, -0.15) is 5.10 Å². The molecule has 1 N–H and O–H groups in total. The molecule has 26 heavy (non-hydrogen) atoms. The van der Waals surface area contributed by atoms with Gasteiger partial charge < -0.3 is 9.52 Å². The Morgan fingerprint density at radius 2 is 2.23 bits per heavy atom. The van der Waals surface area contributed by atoms with Gasteiger partial charge in [0.2, 0.25) is 0 Å². The van der Waals surface area contributed by atoms with Crippen molar-refractivity contribution in [2.45, 2.75) is 12.5 Å². The molecule has 2 aromatic rings. The molecule has 0 unspecified atom stereocenters. The zero-order valence-electron chi connectivity index (χ0n) is 14.2. The molecule has 0 saturated carbocycles. The molecule has 0 aliphatic carbocycles. The number of furan rings is 1. The Morgan fingerprint density at radius 3 is 2.88 bits per heavy atom. The van der Waals surface area contributed by atoms with Crippen LogP contribution in [0, 0.1) is 0 Å². The van der Waals surface area contributed by atoms with E-state index in [1.165, 1.54) is 5.01 Å². The second kappa shape index (κ2) is 8.22. The highest BCUT2D eigenvalue weighted by Crippen LogP contribution is 2.37. The molecule has 2 heterocycles. The van der Waals surface area contributed by atoms with Crippen molar-refractivity contribution < 1.29 is 14.3 Å². The zero-order valence-corrected chi connectivity index (χ0v) is 15.7. The summed E-state index contributed by atoms with van der Waals surface area (Å²) >= 11 is 12.4. The maximum Gasteiger partial charge on any atom is 0.257 e. The molecule has 0 radical (unpaired) electrons. The van der Waals surface area contributed by atoms with Crippen LogP contribution < -0.4 is 0 Å². The van der Waals surface area contributed by atoms with Crippen LogP contribution in [0.15, 0.2) is 46.1 Å². The monoisotopic (exact) mass is 395 g/mol. The number of hydrogen-bond donors (Lipinski definition) is 1. The van der Waals surface area contributed by atoms with Crippen LogP contribution in [0.25, 0.3) is 0 Å². The minimum absolute atomic E-state index is 0.0167. The van der Waals surface area contributed by atoms with Crippen molar-refractivity contribution in [1.82, 2.24) is 9.91 Å². The summed E-state index contributed by atoms with van der Waals surface area (Å²) in [7, 11) is 1.77. The van der Waals surface area contributed by atoms with E-state index < -0.39 is 0 Å². The summed E-state index contributed by atoms with van der Waals surface area (Å²) in [5.41, 5.74) is 1.46. The Morgan fingerprint density at radius 1 is 1.42 bits per heavy atom.